The molecule has 0 heterocycles. The van der Waals surface area contributed by atoms with Gasteiger partial charge >= 0.3 is 17.9 Å². The minimum Gasteiger partial charge on any atom is -0.496 e. The second-order valence-corrected chi connectivity index (χ2v) is 9.02. The van der Waals surface area contributed by atoms with Crippen molar-refractivity contribution in [1.82, 2.24) is 0 Å². The molecule has 0 fully saturated rings. The molecule has 0 N–H and O–H groups in total. The molecule has 2 aromatic carbocycles. The van der Waals surface area contributed by atoms with Gasteiger partial charge in [-0.3, -0.25) is 4.79 Å². The quantitative estimate of drug-likeness (QED) is 0.0815. The van der Waals surface area contributed by atoms with E-state index in [4.69, 9.17) is 18.9 Å². The Labute approximate surface area is 266 Å². The zero-order valence-corrected chi connectivity index (χ0v) is 26.4. The molecule has 2 rings (SSSR count). The van der Waals surface area contributed by atoms with Gasteiger partial charge in [0.25, 0.3) is 0 Å². The maximum Gasteiger partial charge on any atom is 0.338 e. The first kappa shape index (κ1) is 35.4. The maximum absolute atomic E-state index is 12.5. The average Bonchev–Trinajstić information content (AvgIpc) is 2.93. The van der Waals surface area contributed by atoms with Crippen molar-refractivity contribution in [1.29, 1.82) is 0 Å². The van der Waals surface area contributed by atoms with Crippen LogP contribution in [0.2, 0.25) is 0 Å². The van der Waals surface area contributed by atoms with E-state index in [0.29, 0.717) is 29.4 Å². The van der Waals surface area contributed by atoms with E-state index in [9.17, 15) is 19.2 Å². The molecule has 0 unspecified atom stereocenters. The Morgan fingerprint density at radius 3 is 1.71 bits per heavy atom. The first-order valence-electron chi connectivity index (χ1n) is 12.4. The molecular formula is C32H33O8Y-. The summed E-state index contributed by atoms with van der Waals surface area (Å²) in [7, 11) is 0. The number of ether oxygens (including phenoxy) is 4. The van der Waals surface area contributed by atoms with Crippen molar-refractivity contribution in [3.8, 4) is 11.5 Å². The van der Waals surface area contributed by atoms with Crippen LogP contribution in [0.25, 0.3) is 6.08 Å². The molecule has 8 nitrogen and oxygen atoms in total. The van der Waals surface area contributed by atoms with Crippen LogP contribution in [0.1, 0.15) is 43.1 Å². The van der Waals surface area contributed by atoms with Crippen LogP contribution in [-0.2, 0) is 56.6 Å². The molecule has 9 heteroatoms. The van der Waals surface area contributed by atoms with E-state index >= 15 is 0 Å². The van der Waals surface area contributed by atoms with Crippen molar-refractivity contribution in [2.24, 2.45) is 0 Å². The molecule has 0 aliphatic carbocycles. The molecule has 1 radical (unpaired) electrons. The molecule has 213 valence electrons. The first-order chi connectivity index (χ1) is 19.0. The number of carbonyl (C=O) groups is 4. The van der Waals surface area contributed by atoms with Crippen molar-refractivity contribution in [3.63, 3.8) is 0 Å². The summed E-state index contributed by atoms with van der Waals surface area (Å²) in [6.45, 7) is 15.5. The summed E-state index contributed by atoms with van der Waals surface area (Å²) in [6.07, 6.45) is 3.51. The molecule has 0 aliphatic heterocycles. The van der Waals surface area contributed by atoms with Crippen molar-refractivity contribution in [2.75, 3.05) is 19.8 Å². The first-order valence-corrected chi connectivity index (χ1v) is 12.4. The van der Waals surface area contributed by atoms with Gasteiger partial charge in [0, 0.05) is 55.0 Å². The van der Waals surface area contributed by atoms with Gasteiger partial charge in [0.15, 0.2) is 5.78 Å². The fraction of sp³-hybridized carbons (Fsp3) is 0.219. The third kappa shape index (κ3) is 13.1. The Morgan fingerprint density at radius 2 is 1.22 bits per heavy atom. The molecule has 0 saturated carbocycles. The third-order valence-electron chi connectivity index (χ3n) is 5.24. The molecule has 0 spiro atoms. The van der Waals surface area contributed by atoms with Crippen LogP contribution in [-0.4, -0.2) is 43.5 Å². The summed E-state index contributed by atoms with van der Waals surface area (Å²) >= 11 is 0. The topological polar surface area (TPSA) is 105 Å². The fourth-order valence-electron chi connectivity index (χ4n) is 2.91. The minimum atomic E-state index is -0.534. The standard InChI is InChI=1S/C32H33O8.Y/c1-21(2)30(34)38-19-25(20-39-31(35)22(3)4)17-18-37-27-12-7-24(8-13-27)9-16-29(33)26-10-14-28(15-11-26)40-32(36)23(5)6;/h7-16H,1,3,5,17-20H2,2,4,6H3;/q-1;/b16-9+;. The molecule has 0 atom stereocenters. The van der Waals surface area contributed by atoms with Gasteiger partial charge in [-0.1, -0.05) is 37.9 Å². The van der Waals surface area contributed by atoms with E-state index < -0.39 is 17.9 Å². The second-order valence-electron chi connectivity index (χ2n) is 9.02. The van der Waals surface area contributed by atoms with Gasteiger partial charge in [-0.15, -0.1) is 6.42 Å². The van der Waals surface area contributed by atoms with E-state index in [1.807, 2.05) is 0 Å². The molecule has 0 aliphatic rings. The van der Waals surface area contributed by atoms with Crippen LogP contribution < -0.4 is 9.47 Å². The van der Waals surface area contributed by atoms with Crippen molar-refractivity contribution >= 4 is 29.8 Å². The Bertz CT molecular complexity index is 1260. The van der Waals surface area contributed by atoms with Gasteiger partial charge in [0.05, 0.1) is 6.61 Å². The van der Waals surface area contributed by atoms with Crippen LogP contribution in [0, 0.1) is 5.92 Å². The molecule has 0 saturated heterocycles. The molecule has 41 heavy (non-hydrogen) atoms. The Kier molecular flexibility index (Phi) is 15.5. The Hall–Kier alpha value is -3.62. The summed E-state index contributed by atoms with van der Waals surface area (Å²) in [5, 5.41) is 0. The van der Waals surface area contributed by atoms with E-state index in [-0.39, 0.29) is 75.0 Å². The van der Waals surface area contributed by atoms with Gasteiger partial charge < -0.3 is 18.9 Å². The number of allylic oxidation sites excluding steroid dienone is 1. The summed E-state index contributed by atoms with van der Waals surface area (Å²) in [4.78, 5) is 47.5. The van der Waals surface area contributed by atoms with Crippen LogP contribution in [0.15, 0.2) is 91.1 Å². The predicted molar refractivity (Wildman–Crippen MR) is 152 cm³/mol. The largest absolute Gasteiger partial charge is 0.496 e. The van der Waals surface area contributed by atoms with Gasteiger partial charge in [-0.25, -0.2) is 20.3 Å². The summed E-state index contributed by atoms with van der Waals surface area (Å²) in [6, 6.07) is 13.4. The van der Waals surface area contributed by atoms with Crippen LogP contribution in [0.4, 0.5) is 0 Å². The normalized spacial score (nSPS) is 10.3. The summed E-state index contributed by atoms with van der Waals surface area (Å²) in [5.74, 6) is -0.223. The number of hydrogen-bond acceptors (Lipinski definition) is 8. The van der Waals surface area contributed by atoms with E-state index in [1.54, 1.807) is 75.4 Å². The number of carbonyl (C=O) groups excluding carboxylic acids is 4. The average molecular weight is 635 g/mol. The van der Waals surface area contributed by atoms with Crippen LogP contribution in [0.3, 0.4) is 0 Å². The number of rotatable bonds is 15. The smallest absolute Gasteiger partial charge is 0.338 e. The van der Waals surface area contributed by atoms with Crippen LogP contribution in [0.5, 0.6) is 11.5 Å². The number of esters is 3. The van der Waals surface area contributed by atoms with Gasteiger partial charge in [-0.2, -0.15) is 0 Å². The van der Waals surface area contributed by atoms with Gasteiger partial charge in [-0.05, 0) is 82.0 Å². The molecular weight excluding hydrogens is 601 g/mol. The molecule has 0 aromatic heterocycles. The molecule has 0 amide bonds. The van der Waals surface area contributed by atoms with E-state index in [2.05, 4.69) is 19.7 Å². The second kappa shape index (κ2) is 17.9. The molecule has 2 aromatic rings. The number of benzene rings is 2. The van der Waals surface area contributed by atoms with E-state index in [1.165, 1.54) is 6.08 Å². The van der Waals surface area contributed by atoms with Gasteiger partial charge in [0.1, 0.15) is 11.5 Å². The summed E-state index contributed by atoms with van der Waals surface area (Å²) < 4.78 is 21.3. The Morgan fingerprint density at radius 1 is 0.732 bits per heavy atom. The zero-order chi connectivity index (χ0) is 29.7. The third-order valence-corrected chi connectivity index (χ3v) is 5.24. The predicted octanol–water partition coefficient (Wildman–Crippen LogP) is 5.64. The molecule has 0 bridgehead atoms. The zero-order valence-electron chi connectivity index (χ0n) is 23.6. The number of hydrogen-bond donors (Lipinski definition) is 0. The van der Waals surface area contributed by atoms with Crippen molar-refractivity contribution in [2.45, 2.75) is 27.2 Å². The van der Waals surface area contributed by atoms with Crippen LogP contribution >= 0.6 is 0 Å². The number of ketones is 1. The van der Waals surface area contributed by atoms with Crippen molar-refractivity contribution in [3.05, 3.63) is 108 Å². The fourth-order valence-corrected chi connectivity index (χ4v) is 2.91. The maximum atomic E-state index is 12.5. The minimum absolute atomic E-state index is 0. The summed E-state index contributed by atoms with van der Waals surface area (Å²) in [5.41, 5.74) is 2.06. The monoisotopic (exact) mass is 634 g/mol. The SMILES string of the molecule is C=C(C)C(=O)OC[C-](CCOc1ccc(/C=C/C(=O)c2ccc(OC(=O)C(=C)C)cc2)cc1)COC(=O)C(=C)C.[Y]. The van der Waals surface area contributed by atoms with Gasteiger partial charge in [0.2, 0.25) is 0 Å². The van der Waals surface area contributed by atoms with E-state index in [0.717, 1.165) is 5.56 Å². The van der Waals surface area contributed by atoms with Crippen molar-refractivity contribution < 1.29 is 70.8 Å². The Balaban J connectivity index is 0.00000840.